The Labute approximate surface area is 185 Å². The molecular formula is C20H34IN5O2. The van der Waals surface area contributed by atoms with Crippen molar-refractivity contribution in [2.75, 3.05) is 26.7 Å². The smallest absolute Gasteiger partial charge is 0.410 e. The first-order chi connectivity index (χ1) is 12.8. The van der Waals surface area contributed by atoms with Crippen LogP contribution in [0.3, 0.4) is 0 Å². The molecule has 0 aliphatic carbocycles. The lowest BCUT2D eigenvalue weighted by atomic mass is 10.1. The van der Waals surface area contributed by atoms with Gasteiger partial charge in [-0.15, -0.1) is 24.0 Å². The van der Waals surface area contributed by atoms with Crippen LogP contribution in [0.15, 0.2) is 23.3 Å². The number of aliphatic imine (C=N–C) groups is 1. The Balaban J connectivity index is 0.00000392. The number of aryl methyl sites for hydroxylation is 1. The van der Waals surface area contributed by atoms with Crippen LogP contribution in [0.2, 0.25) is 0 Å². The van der Waals surface area contributed by atoms with E-state index in [1.807, 2.05) is 40.0 Å². The molecule has 0 bridgehead atoms. The fourth-order valence-corrected chi connectivity index (χ4v) is 2.95. The Bertz CT molecular complexity index is 643. The minimum Gasteiger partial charge on any atom is -0.444 e. The number of carbonyl (C=O) groups is 1. The predicted octanol–water partition coefficient (Wildman–Crippen LogP) is 3.12. The highest BCUT2D eigenvalue weighted by Crippen LogP contribution is 2.15. The van der Waals surface area contributed by atoms with E-state index in [-0.39, 0.29) is 36.1 Å². The first-order valence-electron chi connectivity index (χ1n) is 9.63. The van der Waals surface area contributed by atoms with E-state index < -0.39 is 5.60 Å². The zero-order valence-electron chi connectivity index (χ0n) is 17.6. The molecule has 0 radical (unpaired) electrons. The summed E-state index contributed by atoms with van der Waals surface area (Å²) < 4.78 is 5.49. The van der Waals surface area contributed by atoms with Crippen LogP contribution in [-0.4, -0.2) is 60.3 Å². The van der Waals surface area contributed by atoms with Gasteiger partial charge < -0.3 is 20.3 Å². The van der Waals surface area contributed by atoms with Crippen molar-refractivity contribution < 1.29 is 9.53 Å². The average Bonchev–Trinajstić information content (AvgIpc) is 2.61. The van der Waals surface area contributed by atoms with Crippen molar-refractivity contribution in [1.29, 1.82) is 0 Å². The molecule has 158 valence electrons. The summed E-state index contributed by atoms with van der Waals surface area (Å²) in [6.07, 6.45) is 4.49. The number of carbonyl (C=O) groups excluding carboxylic acids is 1. The average molecular weight is 503 g/mol. The Morgan fingerprint density at radius 3 is 2.75 bits per heavy atom. The molecule has 2 N–H and O–H groups in total. The molecular weight excluding hydrogens is 469 g/mol. The highest BCUT2D eigenvalue weighted by atomic mass is 127. The molecule has 1 saturated heterocycles. The summed E-state index contributed by atoms with van der Waals surface area (Å²) in [4.78, 5) is 22.7. The van der Waals surface area contributed by atoms with Gasteiger partial charge in [-0.2, -0.15) is 0 Å². The second-order valence-corrected chi connectivity index (χ2v) is 7.97. The van der Waals surface area contributed by atoms with Gasteiger partial charge in [0.25, 0.3) is 0 Å². The van der Waals surface area contributed by atoms with Gasteiger partial charge >= 0.3 is 6.09 Å². The fraction of sp³-hybridized carbons (Fsp3) is 0.650. The SMILES string of the molecule is CN=C(NCCc1ccc(C)nc1)NC1CCCN(C(=O)OC(C)(C)C)C1.I. The quantitative estimate of drug-likeness (QED) is 0.375. The van der Waals surface area contributed by atoms with E-state index in [1.54, 1.807) is 11.9 Å². The van der Waals surface area contributed by atoms with E-state index in [9.17, 15) is 4.79 Å². The first kappa shape index (κ1) is 24.5. The van der Waals surface area contributed by atoms with Crippen molar-refractivity contribution in [3.05, 3.63) is 29.6 Å². The van der Waals surface area contributed by atoms with E-state index in [4.69, 9.17) is 4.74 Å². The number of piperidine rings is 1. The van der Waals surface area contributed by atoms with Crippen LogP contribution >= 0.6 is 24.0 Å². The highest BCUT2D eigenvalue weighted by Gasteiger charge is 2.27. The molecule has 2 rings (SSSR count). The number of pyridine rings is 1. The molecule has 1 aliphatic rings. The van der Waals surface area contributed by atoms with Gasteiger partial charge in [0.15, 0.2) is 5.96 Å². The zero-order valence-corrected chi connectivity index (χ0v) is 19.9. The maximum absolute atomic E-state index is 12.3. The molecule has 0 spiro atoms. The standard InChI is InChI=1S/C20H33N5O2.HI/c1-15-8-9-16(13-23-15)10-11-22-18(21-5)24-17-7-6-12-25(14-17)19(26)27-20(2,3)4;/h8-9,13,17H,6-7,10-12,14H2,1-5H3,(H2,21,22,24);1H. The summed E-state index contributed by atoms with van der Waals surface area (Å²) in [7, 11) is 1.76. The van der Waals surface area contributed by atoms with E-state index in [0.29, 0.717) is 6.54 Å². The van der Waals surface area contributed by atoms with E-state index in [0.717, 1.165) is 44.0 Å². The van der Waals surface area contributed by atoms with Crippen molar-refractivity contribution in [3.8, 4) is 0 Å². The topological polar surface area (TPSA) is 78.9 Å². The van der Waals surface area contributed by atoms with Crippen LogP contribution in [0, 0.1) is 6.92 Å². The molecule has 1 unspecified atom stereocenters. The van der Waals surface area contributed by atoms with Crippen molar-refractivity contribution >= 4 is 36.0 Å². The van der Waals surface area contributed by atoms with Crippen molar-refractivity contribution in [1.82, 2.24) is 20.5 Å². The van der Waals surface area contributed by atoms with E-state index in [2.05, 4.69) is 26.7 Å². The van der Waals surface area contributed by atoms with Gasteiger partial charge in [-0.05, 0) is 58.6 Å². The van der Waals surface area contributed by atoms with Crippen LogP contribution in [0.4, 0.5) is 4.79 Å². The number of guanidine groups is 1. The Morgan fingerprint density at radius 2 is 2.14 bits per heavy atom. The summed E-state index contributed by atoms with van der Waals surface area (Å²) in [5, 5.41) is 6.76. The number of ether oxygens (including phenoxy) is 1. The fourth-order valence-electron chi connectivity index (χ4n) is 2.95. The minimum atomic E-state index is -0.472. The molecule has 2 heterocycles. The molecule has 1 aromatic rings. The van der Waals surface area contributed by atoms with Crippen LogP contribution < -0.4 is 10.6 Å². The molecule has 28 heavy (non-hydrogen) atoms. The number of likely N-dealkylation sites (tertiary alicyclic amines) is 1. The van der Waals surface area contributed by atoms with Gasteiger partial charge in [-0.3, -0.25) is 9.98 Å². The highest BCUT2D eigenvalue weighted by molar-refractivity contribution is 14.0. The second-order valence-electron chi connectivity index (χ2n) is 7.97. The molecule has 1 atom stereocenters. The van der Waals surface area contributed by atoms with Crippen LogP contribution in [0.1, 0.15) is 44.9 Å². The molecule has 0 aromatic carbocycles. The summed E-state index contributed by atoms with van der Waals surface area (Å²) in [6, 6.07) is 4.29. The first-order valence-corrected chi connectivity index (χ1v) is 9.63. The Morgan fingerprint density at radius 1 is 1.39 bits per heavy atom. The molecule has 0 saturated carbocycles. The van der Waals surface area contributed by atoms with E-state index in [1.165, 1.54) is 5.56 Å². The number of aromatic nitrogens is 1. The third-order valence-corrected chi connectivity index (χ3v) is 4.32. The lowest BCUT2D eigenvalue weighted by Gasteiger charge is -2.35. The molecule has 1 amide bonds. The van der Waals surface area contributed by atoms with Crippen molar-refractivity contribution in [3.63, 3.8) is 0 Å². The predicted molar refractivity (Wildman–Crippen MR) is 123 cm³/mol. The van der Waals surface area contributed by atoms with Gasteiger partial charge in [-0.1, -0.05) is 6.07 Å². The molecule has 1 aliphatic heterocycles. The summed E-state index contributed by atoms with van der Waals surface area (Å²) in [5.74, 6) is 0.756. The van der Waals surface area contributed by atoms with E-state index >= 15 is 0 Å². The lowest BCUT2D eigenvalue weighted by molar-refractivity contribution is 0.0193. The number of nitrogens with one attached hydrogen (secondary N) is 2. The number of rotatable bonds is 4. The number of hydrogen-bond donors (Lipinski definition) is 2. The Kier molecular flexibility index (Phi) is 9.98. The van der Waals surface area contributed by atoms with Gasteiger partial charge in [0, 0.05) is 44.6 Å². The third-order valence-electron chi connectivity index (χ3n) is 4.32. The summed E-state index contributed by atoms with van der Waals surface area (Å²) in [5.41, 5.74) is 1.74. The van der Waals surface area contributed by atoms with Crippen molar-refractivity contribution in [2.24, 2.45) is 4.99 Å². The molecule has 7 nitrogen and oxygen atoms in total. The largest absolute Gasteiger partial charge is 0.444 e. The number of nitrogens with zero attached hydrogens (tertiary/aromatic N) is 3. The molecule has 1 aromatic heterocycles. The maximum atomic E-state index is 12.3. The second kappa shape index (κ2) is 11.4. The Hall–Kier alpha value is -1.58. The van der Waals surface area contributed by atoms with Crippen molar-refractivity contribution in [2.45, 2.75) is 58.6 Å². The van der Waals surface area contributed by atoms with Gasteiger partial charge in [0.05, 0.1) is 0 Å². The van der Waals surface area contributed by atoms with Crippen LogP contribution in [0.5, 0.6) is 0 Å². The monoisotopic (exact) mass is 503 g/mol. The number of hydrogen-bond acceptors (Lipinski definition) is 4. The van der Waals surface area contributed by atoms with Gasteiger partial charge in [-0.25, -0.2) is 4.79 Å². The molecule has 1 fully saturated rings. The lowest BCUT2D eigenvalue weighted by Crippen LogP contribution is -2.53. The van der Waals surface area contributed by atoms with Crippen LogP contribution in [-0.2, 0) is 11.2 Å². The normalized spacial score (nSPS) is 17.5. The summed E-state index contributed by atoms with van der Waals surface area (Å²) >= 11 is 0. The van der Waals surface area contributed by atoms with Gasteiger partial charge in [0.2, 0.25) is 0 Å². The third kappa shape index (κ3) is 8.62. The summed E-state index contributed by atoms with van der Waals surface area (Å²) in [6.45, 7) is 9.78. The zero-order chi connectivity index (χ0) is 19.9. The number of halogens is 1. The molecule has 8 heteroatoms. The number of amides is 1. The maximum Gasteiger partial charge on any atom is 0.410 e. The van der Waals surface area contributed by atoms with Crippen LogP contribution in [0.25, 0.3) is 0 Å². The van der Waals surface area contributed by atoms with Gasteiger partial charge in [0.1, 0.15) is 5.60 Å². The minimum absolute atomic E-state index is 0.